The largest absolute Gasteiger partial charge is 0.378 e. The molecule has 2 aliphatic heterocycles. The predicted molar refractivity (Wildman–Crippen MR) is 86.5 cm³/mol. The number of fused-ring (bicyclic) bond motifs is 1. The number of nitrogens with zero attached hydrogens (tertiary/aromatic N) is 1. The Bertz CT molecular complexity index is 355. The van der Waals surface area contributed by atoms with Crippen LogP contribution in [0.4, 0.5) is 0 Å². The van der Waals surface area contributed by atoms with Gasteiger partial charge in [-0.1, -0.05) is 12.8 Å². The standard InChI is InChI=1S/C17H31N3O2/c18-8-3-11-22-14-6-9-20(10-7-14)17(21)16-12-13-4-1-2-5-15(13)19-16/h13-16,19H,1-12,18H2. The molecule has 3 atom stereocenters. The van der Waals surface area contributed by atoms with Crippen LogP contribution in [0.2, 0.25) is 0 Å². The van der Waals surface area contributed by atoms with Crippen LogP contribution >= 0.6 is 0 Å². The first-order chi connectivity index (χ1) is 10.8. The number of nitrogens with one attached hydrogen (secondary N) is 1. The first kappa shape index (κ1) is 16.2. The highest BCUT2D eigenvalue weighted by atomic mass is 16.5. The highest BCUT2D eigenvalue weighted by Crippen LogP contribution is 2.34. The van der Waals surface area contributed by atoms with E-state index in [1.54, 1.807) is 0 Å². The molecule has 1 amide bonds. The quantitative estimate of drug-likeness (QED) is 0.750. The molecule has 2 saturated heterocycles. The number of amides is 1. The zero-order valence-corrected chi connectivity index (χ0v) is 13.6. The van der Waals surface area contributed by atoms with Crippen molar-refractivity contribution in [2.75, 3.05) is 26.2 Å². The fourth-order valence-corrected chi connectivity index (χ4v) is 4.31. The topological polar surface area (TPSA) is 67.6 Å². The Morgan fingerprint density at radius 2 is 1.95 bits per heavy atom. The van der Waals surface area contributed by atoms with Crippen LogP contribution in [0.5, 0.6) is 0 Å². The summed E-state index contributed by atoms with van der Waals surface area (Å²) in [5.74, 6) is 1.06. The Morgan fingerprint density at radius 1 is 1.18 bits per heavy atom. The lowest BCUT2D eigenvalue weighted by molar-refractivity contribution is -0.135. The van der Waals surface area contributed by atoms with E-state index in [1.807, 2.05) is 0 Å². The van der Waals surface area contributed by atoms with E-state index in [9.17, 15) is 4.79 Å². The van der Waals surface area contributed by atoms with Crippen LogP contribution < -0.4 is 11.1 Å². The summed E-state index contributed by atoms with van der Waals surface area (Å²) in [7, 11) is 0. The third kappa shape index (κ3) is 3.81. The van der Waals surface area contributed by atoms with Gasteiger partial charge in [-0.2, -0.15) is 0 Å². The maximum Gasteiger partial charge on any atom is 0.239 e. The monoisotopic (exact) mass is 309 g/mol. The van der Waals surface area contributed by atoms with Gasteiger partial charge >= 0.3 is 0 Å². The van der Waals surface area contributed by atoms with Crippen molar-refractivity contribution in [1.29, 1.82) is 0 Å². The van der Waals surface area contributed by atoms with Gasteiger partial charge in [-0.25, -0.2) is 0 Å². The number of piperidine rings is 1. The van der Waals surface area contributed by atoms with Crippen molar-refractivity contribution < 1.29 is 9.53 Å². The minimum Gasteiger partial charge on any atom is -0.378 e. The Labute approximate surface area is 133 Å². The van der Waals surface area contributed by atoms with Crippen molar-refractivity contribution in [3.8, 4) is 0 Å². The van der Waals surface area contributed by atoms with Crippen molar-refractivity contribution in [1.82, 2.24) is 10.2 Å². The molecule has 5 nitrogen and oxygen atoms in total. The summed E-state index contributed by atoms with van der Waals surface area (Å²) in [6, 6.07) is 0.669. The minimum absolute atomic E-state index is 0.0720. The van der Waals surface area contributed by atoms with Crippen LogP contribution in [0.25, 0.3) is 0 Å². The lowest BCUT2D eigenvalue weighted by Crippen LogP contribution is -2.49. The first-order valence-electron chi connectivity index (χ1n) is 9.14. The highest BCUT2D eigenvalue weighted by molar-refractivity contribution is 5.82. The predicted octanol–water partition coefficient (Wildman–Crippen LogP) is 1.26. The second-order valence-corrected chi connectivity index (χ2v) is 7.14. The number of carbonyl (C=O) groups is 1. The number of nitrogens with two attached hydrogens (primary N) is 1. The zero-order chi connectivity index (χ0) is 15.4. The summed E-state index contributed by atoms with van der Waals surface area (Å²) in [6.07, 6.45) is 9.45. The van der Waals surface area contributed by atoms with E-state index in [-0.39, 0.29) is 6.04 Å². The van der Waals surface area contributed by atoms with Gasteiger partial charge < -0.3 is 20.7 Å². The number of rotatable bonds is 5. The number of likely N-dealkylation sites (tertiary alicyclic amines) is 1. The van der Waals surface area contributed by atoms with E-state index in [0.717, 1.165) is 51.3 Å². The lowest BCUT2D eigenvalue weighted by Gasteiger charge is -2.33. The molecular formula is C17H31N3O2. The van der Waals surface area contributed by atoms with Gasteiger partial charge in [0.25, 0.3) is 0 Å². The smallest absolute Gasteiger partial charge is 0.239 e. The summed E-state index contributed by atoms with van der Waals surface area (Å²) in [5, 5.41) is 3.61. The molecule has 1 saturated carbocycles. The molecule has 1 aliphatic carbocycles. The molecule has 0 aromatic carbocycles. The normalized spacial score (nSPS) is 33.0. The van der Waals surface area contributed by atoms with Crippen molar-refractivity contribution in [3.05, 3.63) is 0 Å². The number of hydrogen-bond donors (Lipinski definition) is 2. The van der Waals surface area contributed by atoms with Crippen LogP contribution in [0.1, 0.15) is 51.4 Å². The molecule has 3 rings (SSSR count). The average molecular weight is 309 g/mol. The van der Waals surface area contributed by atoms with E-state index in [2.05, 4.69) is 10.2 Å². The van der Waals surface area contributed by atoms with E-state index in [1.165, 1.54) is 25.7 Å². The van der Waals surface area contributed by atoms with Gasteiger partial charge in [-0.15, -0.1) is 0 Å². The van der Waals surface area contributed by atoms with E-state index in [4.69, 9.17) is 10.5 Å². The van der Waals surface area contributed by atoms with E-state index < -0.39 is 0 Å². The molecular weight excluding hydrogens is 278 g/mol. The van der Waals surface area contributed by atoms with Gasteiger partial charge in [0, 0.05) is 25.7 Å². The second kappa shape index (κ2) is 7.75. The van der Waals surface area contributed by atoms with Crippen molar-refractivity contribution in [2.45, 2.75) is 69.6 Å². The molecule has 0 aromatic heterocycles. The lowest BCUT2D eigenvalue weighted by atomic mass is 9.85. The summed E-state index contributed by atoms with van der Waals surface area (Å²) < 4.78 is 5.82. The van der Waals surface area contributed by atoms with Gasteiger partial charge in [0.2, 0.25) is 5.91 Å². The molecule has 0 spiro atoms. The van der Waals surface area contributed by atoms with Gasteiger partial charge in [-0.05, 0) is 51.0 Å². The Kier molecular flexibility index (Phi) is 5.71. The minimum atomic E-state index is 0.0720. The fraction of sp³-hybridized carbons (Fsp3) is 0.941. The third-order valence-electron chi connectivity index (χ3n) is 5.62. The molecule has 22 heavy (non-hydrogen) atoms. The Hall–Kier alpha value is -0.650. The summed E-state index contributed by atoms with van der Waals surface area (Å²) in [4.78, 5) is 14.8. The van der Waals surface area contributed by atoms with E-state index in [0.29, 0.717) is 24.6 Å². The molecule has 3 fully saturated rings. The van der Waals surface area contributed by atoms with Crippen LogP contribution in [-0.4, -0.2) is 55.2 Å². The molecule has 0 radical (unpaired) electrons. The van der Waals surface area contributed by atoms with Gasteiger partial charge in [0.05, 0.1) is 12.1 Å². The molecule has 126 valence electrons. The van der Waals surface area contributed by atoms with Crippen LogP contribution in [0, 0.1) is 5.92 Å². The second-order valence-electron chi connectivity index (χ2n) is 7.14. The highest BCUT2D eigenvalue weighted by Gasteiger charge is 2.40. The van der Waals surface area contributed by atoms with Crippen molar-refractivity contribution in [3.63, 3.8) is 0 Å². The molecule has 0 aromatic rings. The van der Waals surface area contributed by atoms with Gasteiger partial charge in [-0.3, -0.25) is 4.79 Å². The molecule has 5 heteroatoms. The molecule has 3 N–H and O–H groups in total. The fourth-order valence-electron chi connectivity index (χ4n) is 4.31. The number of ether oxygens (including phenoxy) is 1. The van der Waals surface area contributed by atoms with Crippen LogP contribution in [0.3, 0.4) is 0 Å². The Balaban J connectivity index is 1.42. The molecule has 3 aliphatic rings. The summed E-state index contributed by atoms with van der Waals surface area (Å²) >= 11 is 0. The van der Waals surface area contributed by atoms with E-state index >= 15 is 0 Å². The van der Waals surface area contributed by atoms with Crippen LogP contribution in [0.15, 0.2) is 0 Å². The van der Waals surface area contributed by atoms with Crippen molar-refractivity contribution >= 4 is 5.91 Å². The summed E-state index contributed by atoms with van der Waals surface area (Å²) in [6.45, 7) is 3.13. The molecule has 3 unspecified atom stereocenters. The molecule has 0 bridgehead atoms. The van der Waals surface area contributed by atoms with Crippen molar-refractivity contribution in [2.24, 2.45) is 11.7 Å². The third-order valence-corrected chi connectivity index (χ3v) is 5.62. The number of carbonyl (C=O) groups excluding carboxylic acids is 1. The number of hydrogen-bond acceptors (Lipinski definition) is 4. The molecule has 2 heterocycles. The summed E-state index contributed by atoms with van der Waals surface area (Å²) in [5.41, 5.74) is 5.49. The van der Waals surface area contributed by atoms with Gasteiger partial charge in [0.1, 0.15) is 0 Å². The first-order valence-corrected chi connectivity index (χ1v) is 9.14. The SMILES string of the molecule is NCCCOC1CCN(C(=O)C2CC3CCCCC3N2)CC1. The zero-order valence-electron chi connectivity index (χ0n) is 13.6. The van der Waals surface area contributed by atoms with Crippen LogP contribution in [-0.2, 0) is 9.53 Å². The van der Waals surface area contributed by atoms with Gasteiger partial charge in [0.15, 0.2) is 0 Å². The maximum absolute atomic E-state index is 12.7. The Morgan fingerprint density at radius 3 is 2.68 bits per heavy atom. The maximum atomic E-state index is 12.7. The average Bonchev–Trinajstić information content (AvgIpc) is 2.99.